The maximum absolute atomic E-state index is 12.0. The Morgan fingerprint density at radius 1 is 1.41 bits per heavy atom. The van der Waals surface area contributed by atoms with Crippen molar-refractivity contribution in [2.45, 2.75) is 50.6 Å². The molecular weight excluding hydrogens is 304 g/mol. The first-order valence-electron chi connectivity index (χ1n) is 7.15. The molecule has 0 spiro atoms. The van der Waals surface area contributed by atoms with E-state index in [4.69, 9.17) is 10.5 Å². The topological polar surface area (TPSA) is 107 Å². The quantitative estimate of drug-likeness (QED) is 0.445. The van der Waals surface area contributed by atoms with Crippen LogP contribution in [-0.4, -0.2) is 39.7 Å². The standard InChI is InChI=1S/C14H22N4O3S/c1-5-10(12(19)17-8(3)4)22-14-16-7-9(11(15)18-14)13(20)21-6-2/h7-8,10H,5-6H2,1-4H3,(H,17,19)(H2,15,16,18). The molecule has 1 aromatic heterocycles. The lowest BCUT2D eigenvalue weighted by molar-refractivity contribution is -0.121. The molecule has 0 fully saturated rings. The van der Waals surface area contributed by atoms with Crippen molar-refractivity contribution in [1.29, 1.82) is 0 Å². The van der Waals surface area contributed by atoms with Crippen LogP contribution >= 0.6 is 11.8 Å². The first kappa shape index (κ1) is 18.2. The van der Waals surface area contributed by atoms with Gasteiger partial charge in [0.05, 0.1) is 11.9 Å². The maximum Gasteiger partial charge on any atom is 0.343 e. The highest BCUT2D eigenvalue weighted by Crippen LogP contribution is 2.24. The summed E-state index contributed by atoms with van der Waals surface area (Å²) in [6, 6.07) is 0.0688. The minimum Gasteiger partial charge on any atom is -0.462 e. The lowest BCUT2D eigenvalue weighted by Crippen LogP contribution is -2.37. The zero-order chi connectivity index (χ0) is 16.7. The number of rotatable bonds is 7. The number of carbonyl (C=O) groups excluding carboxylic acids is 2. The Kier molecular flexibility index (Phi) is 7.10. The molecule has 1 heterocycles. The predicted octanol–water partition coefficient (Wildman–Crippen LogP) is 1.63. The minimum absolute atomic E-state index is 0.0510. The van der Waals surface area contributed by atoms with Gasteiger partial charge in [-0.05, 0) is 27.2 Å². The molecule has 1 amide bonds. The number of carbonyl (C=O) groups is 2. The largest absolute Gasteiger partial charge is 0.462 e. The van der Waals surface area contributed by atoms with Crippen molar-refractivity contribution in [2.24, 2.45) is 0 Å². The van der Waals surface area contributed by atoms with Crippen LogP contribution in [0.25, 0.3) is 0 Å². The first-order chi connectivity index (χ1) is 10.4. The van der Waals surface area contributed by atoms with Gasteiger partial charge in [0.2, 0.25) is 5.91 Å². The Morgan fingerprint density at radius 3 is 2.59 bits per heavy atom. The van der Waals surface area contributed by atoms with Crippen molar-refractivity contribution < 1.29 is 14.3 Å². The Labute approximate surface area is 134 Å². The second kappa shape index (κ2) is 8.57. The normalized spacial score (nSPS) is 12.0. The summed E-state index contributed by atoms with van der Waals surface area (Å²) in [6.45, 7) is 7.67. The molecule has 0 aromatic carbocycles. The van der Waals surface area contributed by atoms with Crippen molar-refractivity contribution in [3.05, 3.63) is 11.8 Å². The first-order valence-corrected chi connectivity index (χ1v) is 8.03. The van der Waals surface area contributed by atoms with Crippen LogP contribution in [0.5, 0.6) is 0 Å². The van der Waals surface area contributed by atoms with Crippen LogP contribution in [0, 0.1) is 0 Å². The van der Waals surface area contributed by atoms with Crippen LogP contribution in [-0.2, 0) is 9.53 Å². The van der Waals surface area contributed by atoms with Crippen molar-refractivity contribution >= 4 is 29.5 Å². The Balaban J connectivity index is 2.83. The number of aromatic nitrogens is 2. The smallest absolute Gasteiger partial charge is 0.343 e. The van der Waals surface area contributed by atoms with E-state index in [-0.39, 0.29) is 35.2 Å². The average molecular weight is 326 g/mol. The third kappa shape index (κ3) is 5.18. The van der Waals surface area contributed by atoms with E-state index in [0.717, 1.165) is 0 Å². The third-order valence-electron chi connectivity index (χ3n) is 2.63. The van der Waals surface area contributed by atoms with E-state index in [1.165, 1.54) is 18.0 Å². The van der Waals surface area contributed by atoms with Gasteiger partial charge in [0.1, 0.15) is 11.4 Å². The fourth-order valence-corrected chi connectivity index (χ4v) is 2.49. The van der Waals surface area contributed by atoms with Crippen LogP contribution in [0.1, 0.15) is 44.5 Å². The molecule has 8 heteroatoms. The summed E-state index contributed by atoms with van der Waals surface area (Å²) in [5, 5.41) is 2.90. The number of nitrogens with zero attached hydrogens (tertiary/aromatic N) is 2. The molecule has 1 aromatic rings. The van der Waals surface area contributed by atoms with E-state index in [0.29, 0.717) is 11.6 Å². The van der Waals surface area contributed by atoms with Crippen molar-refractivity contribution in [1.82, 2.24) is 15.3 Å². The summed E-state index contributed by atoms with van der Waals surface area (Å²) >= 11 is 1.22. The van der Waals surface area contributed by atoms with E-state index >= 15 is 0 Å². The molecule has 1 unspecified atom stereocenters. The van der Waals surface area contributed by atoms with Crippen molar-refractivity contribution in [3.8, 4) is 0 Å². The average Bonchev–Trinajstić information content (AvgIpc) is 2.44. The van der Waals surface area contributed by atoms with Crippen LogP contribution in [0.15, 0.2) is 11.4 Å². The molecule has 122 valence electrons. The molecule has 0 bridgehead atoms. The van der Waals surface area contributed by atoms with Gasteiger partial charge >= 0.3 is 5.97 Å². The SMILES string of the molecule is CCOC(=O)c1cnc(SC(CC)C(=O)NC(C)C)nc1N. The van der Waals surface area contributed by atoms with Gasteiger partial charge in [-0.3, -0.25) is 4.79 Å². The summed E-state index contributed by atoms with van der Waals surface area (Å²) in [5.41, 5.74) is 5.89. The van der Waals surface area contributed by atoms with Gasteiger partial charge in [-0.2, -0.15) is 0 Å². The highest BCUT2D eigenvalue weighted by atomic mass is 32.2. The molecule has 0 saturated carbocycles. The second-order valence-corrected chi connectivity index (χ2v) is 6.02. The zero-order valence-corrected chi connectivity index (χ0v) is 14.1. The molecule has 0 aliphatic heterocycles. The van der Waals surface area contributed by atoms with Gasteiger partial charge in [-0.25, -0.2) is 14.8 Å². The molecular formula is C14H22N4O3S. The number of hydrogen-bond acceptors (Lipinski definition) is 7. The highest BCUT2D eigenvalue weighted by Gasteiger charge is 2.21. The monoisotopic (exact) mass is 326 g/mol. The third-order valence-corrected chi connectivity index (χ3v) is 3.87. The van der Waals surface area contributed by atoms with Gasteiger partial charge in [0, 0.05) is 12.2 Å². The number of anilines is 1. The lowest BCUT2D eigenvalue weighted by Gasteiger charge is -2.16. The molecule has 7 nitrogen and oxygen atoms in total. The molecule has 0 aliphatic rings. The second-order valence-electron chi connectivity index (χ2n) is 4.85. The summed E-state index contributed by atoms with van der Waals surface area (Å²) in [6.07, 6.45) is 1.96. The van der Waals surface area contributed by atoms with Crippen molar-refractivity contribution in [3.63, 3.8) is 0 Å². The summed E-state index contributed by atoms with van der Waals surface area (Å²) in [5.74, 6) is -0.574. The Hall–Kier alpha value is -1.83. The van der Waals surface area contributed by atoms with Crippen LogP contribution in [0.2, 0.25) is 0 Å². The number of amides is 1. The van der Waals surface area contributed by atoms with Crippen LogP contribution in [0.3, 0.4) is 0 Å². The van der Waals surface area contributed by atoms with Gasteiger partial charge in [-0.15, -0.1) is 0 Å². The Bertz CT molecular complexity index is 537. The fourth-order valence-electron chi connectivity index (χ4n) is 1.63. The van der Waals surface area contributed by atoms with Gasteiger partial charge in [-0.1, -0.05) is 18.7 Å². The Morgan fingerprint density at radius 2 is 2.09 bits per heavy atom. The molecule has 1 rings (SSSR count). The molecule has 3 N–H and O–H groups in total. The highest BCUT2D eigenvalue weighted by molar-refractivity contribution is 8.00. The minimum atomic E-state index is -0.554. The lowest BCUT2D eigenvalue weighted by atomic mass is 10.3. The van der Waals surface area contributed by atoms with E-state index in [9.17, 15) is 9.59 Å². The molecule has 22 heavy (non-hydrogen) atoms. The summed E-state index contributed by atoms with van der Waals surface area (Å²) in [7, 11) is 0. The predicted molar refractivity (Wildman–Crippen MR) is 85.6 cm³/mol. The molecule has 0 saturated heterocycles. The molecule has 0 radical (unpaired) electrons. The van der Waals surface area contributed by atoms with E-state index < -0.39 is 5.97 Å². The number of nitrogens with two attached hydrogens (primary N) is 1. The zero-order valence-electron chi connectivity index (χ0n) is 13.3. The number of ether oxygens (including phenoxy) is 1. The maximum atomic E-state index is 12.0. The van der Waals surface area contributed by atoms with Crippen LogP contribution < -0.4 is 11.1 Å². The number of thioether (sulfide) groups is 1. The number of hydrogen-bond donors (Lipinski definition) is 2. The summed E-state index contributed by atoms with van der Waals surface area (Å²) in [4.78, 5) is 31.8. The summed E-state index contributed by atoms with van der Waals surface area (Å²) < 4.78 is 4.86. The number of nitrogen functional groups attached to an aromatic ring is 1. The van der Waals surface area contributed by atoms with Crippen molar-refractivity contribution in [2.75, 3.05) is 12.3 Å². The number of esters is 1. The number of nitrogens with one attached hydrogen (secondary N) is 1. The van der Waals surface area contributed by atoms with E-state index in [2.05, 4.69) is 15.3 Å². The van der Waals surface area contributed by atoms with E-state index in [1.807, 2.05) is 20.8 Å². The van der Waals surface area contributed by atoms with Gasteiger partial charge in [0.25, 0.3) is 0 Å². The molecule has 1 atom stereocenters. The van der Waals surface area contributed by atoms with E-state index in [1.54, 1.807) is 6.92 Å². The van der Waals surface area contributed by atoms with Crippen LogP contribution in [0.4, 0.5) is 5.82 Å². The fraction of sp³-hybridized carbons (Fsp3) is 0.571. The van der Waals surface area contributed by atoms with Gasteiger partial charge in [0.15, 0.2) is 5.16 Å². The molecule has 0 aliphatic carbocycles. The van der Waals surface area contributed by atoms with Gasteiger partial charge < -0.3 is 15.8 Å².